The van der Waals surface area contributed by atoms with E-state index in [0.717, 1.165) is 0 Å². The van der Waals surface area contributed by atoms with Gasteiger partial charge in [0.15, 0.2) is 11.5 Å². The van der Waals surface area contributed by atoms with Gasteiger partial charge < -0.3 is 9.47 Å². The van der Waals surface area contributed by atoms with Gasteiger partial charge in [0.25, 0.3) is 0 Å². The lowest BCUT2D eigenvalue weighted by Gasteiger charge is -2.08. The summed E-state index contributed by atoms with van der Waals surface area (Å²) >= 11 is 0. The van der Waals surface area contributed by atoms with Crippen LogP contribution in [0.15, 0.2) is 12.4 Å². The Bertz CT molecular complexity index is 318. The second kappa shape index (κ2) is 4.40. The van der Waals surface area contributed by atoms with Crippen LogP contribution in [0.4, 0.5) is 0 Å². The summed E-state index contributed by atoms with van der Waals surface area (Å²) in [6.07, 6.45) is 2.84. The summed E-state index contributed by atoms with van der Waals surface area (Å²) in [5.74, 6) is 0.724. The van der Waals surface area contributed by atoms with E-state index in [0.29, 0.717) is 17.1 Å². The van der Waals surface area contributed by atoms with E-state index in [2.05, 4.69) is 4.98 Å². The summed E-state index contributed by atoms with van der Waals surface area (Å²) in [6, 6.07) is 0. The first-order chi connectivity index (χ1) is 6.69. The van der Waals surface area contributed by atoms with E-state index < -0.39 is 4.92 Å². The predicted molar refractivity (Wildman–Crippen MR) is 48.0 cm³/mol. The van der Waals surface area contributed by atoms with Gasteiger partial charge in [-0.1, -0.05) is 0 Å². The van der Waals surface area contributed by atoms with E-state index in [4.69, 9.17) is 9.47 Å². The Morgan fingerprint density at radius 3 is 2.21 bits per heavy atom. The van der Waals surface area contributed by atoms with Crippen LogP contribution < -0.4 is 9.47 Å². The third kappa shape index (κ3) is 2.09. The van der Waals surface area contributed by atoms with Crippen LogP contribution in [0.1, 0.15) is 5.56 Å². The third-order valence-corrected chi connectivity index (χ3v) is 1.71. The van der Waals surface area contributed by atoms with Crippen LogP contribution in [0.25, 0.3) is 0 Å². The number of aromatic nitrogens is 1. The Labute approximate surface area is 80.6 Å². The fraction of sp³-hybridized carbons (Fsp3) is 0.375. The maximum absolute atomic E-state index is 10.4. The van der Waals surface area contributed by atoms with Crippen LogP contribution in [0.5, 0.6) is 11.5 Å². The first-order valence-electron chi connectivity index (χ1n) is 3.85. The number of hydrogen-bond acceptors (Lipinski definition) is 5. The number of pyridine rings is 1. The van der Waals surface area contributed by atoms with Gasteiger partial charge in [-0.05, 0) is 0 Å². The van der Waals surface area contributed by atoms with Crippen molar-refractivity contribution in [3.63, 3.8) is 0 Å². The van der Waals surface area contributed by atoms with Gasteiger partial charge in [0.1, 0.15) is 5.56 Å². The van der Waals surface area contributed by atoms with Crippen molar-refractivity contribution >= 4 is 0 Å². The van der Waals surface area contributed by atoms with Gasteiger partial charge in [0.2, 0.25) is 6.54 Å². The molecule has 0 radical (unpaired) electrons. The second-order valence-corrected chi connectivity index (χ2v) is 2.51. The molecule has 1 aromatic heterocycles. The first kappa shape index (κ1) is 10.2. The maximum atomic E-state index is 10.4. The zero-order valence-electron chi connectivity index (χ0n) is 7.89. The lowest BCUT2D eigenvalue weighted by molar-refractivity contribution is -0.497. The highest BCUT2D eigenvalue weighted by atomic mass is 16.6. The molecule has 0 aromatic carbocycles. The normalized spacial score (nSPS) is 9.57. The van der Waals surface area contributed by atoms with E-state index in [-0.39, 0.29) is 6.54 Å². The number of nitro groups is 1. The summed E-state index contributed by atoms with van der Waals surface area (Å²) in [5.41, 5.74) is 0.398. The molecule has 6 nitrogen and oxygen atoms in total. The van der Waals surface area contributed by atoms with Crippen LogP contribution in [0, 0.1) is 10.1 Å². The average Bonchev–Trinajstić information content (AvgIpc) is 2.17. The molecule has 0 aliphatic rings. The number of hydrogen-bond donors (Lipinski definition) is 0. The number of nitrogens with zero attached hydrogens (tertiary/aromatic N) is 2. The van der Waals surface area contributed by atoms with Crippen LogP contribution >= 0.6 is 0 Å². The molecule has 1 aromatic rings. The molecular formula is C8H10N2O4. The van der Waals surface area contributed by atoms with Crippen LogP contribution in [0.2, 0.25) is 0 Å². The summed E-state index contributed by atoms with van der Waals surface area (Å²) in [6.45, 7) is -0.338. The topological polar surface area (TPSA) is 74.5 Å². The molecule has 76 valence electrons. The van der Waals surface area contributed by atoms with Gasteiger partial charge in [-0.2, -0.15) is 0 Å². The summed E-state index contributed by atoms with van der Waals surface area (Å²) < 4.78 is 9.88. The van der Waals surface area contributed by atoms with Crippen molar-refractivity contribution in [2.24, 2.45) is 0 Å². The quantitative estimate of drug-likeness (QED) is 0.530. The molecule has 0 atom stereocenters. The minimum atomic E-state index is -0.444. The molecular weight excluding hydrogens is 188 g/mol. The average molecular weight is 198 g/mol. The van der Waals surface area contributed by atoms with Crippen molar-refractivity contribution in [2.45, 2.75) is 6.54 Å². The Kier molecular flexibility index (Phi) is 3.22. The molecule has 14 heavy (non-hydrogen) atoms. The standard InChI is InChI=1S/C8H10N2O4/c1-13-7-3-9-4-8(14-2)6(7)5-10(11)12/h3-4H,5H2,1-2H3. The van der Waals surface area contributed by atoms with Crippen molar-refractivity contribution in [3.8, 4) is 11.5 Å². The summed E-state index contributed by atoms with van der Waals surface area (Å²) in [5, 5.41) is 10.4. The minimum Gasteiger partial charge on any atom is -0.494 e. The SMILES string of the molecule is COc1cncc(OC)c1C[N+](=O)[O-]. The molecule has 0 saturated heterocycles. The van der Waals surface area contributed by atoms with Crippen molar-refractivity contribution in [1.82, 2.24) is 4.98 Å². The Hall–Kier alpha value is -1.85. The molecule has 0 unspecified atom stereocenters. The van der Waals surface area contributed by atoms with Crippen LogP contribution in [0.3, 0.4) is 0 Å². The first-order valence-corrected chi connectivity index (χ1v) is 3.85. The zero-order chi connectivity index (χ0) is 10.6. The fourth-order valence-corrected chi connectivity index (χ4v) is 1.09. The van der Waals surface area contributed by atoms with E-state index in [1.807, 2.05) is 0 Å². The van der Waals surface area contributed by atoms with Crippen LogP contribution in [-0.2, 0) is 6.54 Å². The van der Waals surface area contributed by atoms with Gasteiger partial charge in [-0.3, -0.25) is 15.1 Å². The van der Waals surface area contributed by atoms with Gasteiger partial charge in [-0.15, -0.1) is 0 Å². The van der Waals surface area contributed by atoms with E-state index in [1.54, 1.807) is 0 Å². The molecule has 0 aliphatic carbocycles. The predicted octanol–water partition coefficient (Wildman–Crippen LogP) is 0.875. The van der Waals surface area contributed by atoms with Gasteiger partial charge in [-0.25, -0.2) is 0 Å². The molecule has 0 fully saturated rings. The number of ether oxygens (including phenoxy) is 2. The monoisotopic (exact) mass is 198 g/mol. The molecule has 0 aliphatic heterocycles. The number of rotatable bonds is 4. The van der Waals surface area contributed by atoms with Gasteiger partial charge >= 0.3 is 0 Å². The van der Waals surface area contributed by atoms with Gasteiger partial charge in [0, 0.05) is 4.92 Å². The lowest BCUT2D eigenvalue weighted by Crippen LogP contribution is -2.04. The lowest BCUT2D eigenvalue weighted by atomic mass is 10.2. The zero-order valence-corrected chi connectivity index (χ0v) is 7.89. The maximum Gasteiger partial charge on any atom is 0.236 e. The van der Waals surface area contributed by atoms with E-state index >= 15 is 0 Å². The highest BCUT2D eigenvalue weighted by Crippen LogP contribution is 2.26. The van der Waals surface area contributed by atoms with Crippen molar-refractivity contribution in [3.05, 3.63) is 28.1 Å². The van der Waals surface area contributed by atoms with E-state index in [1.165, 1.54) is 26.6 Å². The third-order valence-electron chi connectivity index (χ3n) is 1.71. The Balaban J connectivity index is 3.12. The van der Waals surface area contributed by atoms with Crippen molar-refractivity contribution < 1.29 is 14.4 Å². The summed E-state index contributed by atoms with van der Waals surface area (Å²) in [7, 11) is 2.86. The molecule has 0 spiro atoms. The second-order valence-electron chi connectivity index (χ2n) is 2.51. The Morgan fingerprint density at radius 1 is 1.36 bits per heavy atom. The highest BCUT2D eigenvalue weighted by Gasteiger charge is 2.15. The van der Waals surface area contributed by atoms with Crippen LogP contribution in [-0.4, -0.2) is 24.1 Å². The Morgan fingerprint density at radius 2 is 1.86 bits per heavy atom. The molecule has 1 heterocycles. The molecule has 0 N–H and O–H groups in total. The molecule has 1 rings (SSSR count). The smallest absolute Gasteiger partial charge is 0.236 e. The van der Waals surface area contributed by atoms with Crippen molar-refractivity contribution in [1.29, 1.82) is 0 Å². The fourth-order valence-electron chi connectivity index (χ4n) is 1.09. The van der Waals surface area contributed by atoms with Crippen molar-refractivity contribution in [2.75, 3.05) is 14.2 Å². The van der Waals surface area contributed by atoms with Gasteiger partial charge in [0.05, 0.1) is 26.6 Å². The molecule has 6 heteroatoms. The summed E-state index contributed by atoms with van der Waals surface area (Å²) in [4.78, 5) is 13.8. The molecule has 0 amide bonds. The minimum absolute atomic E-state index is 0.338. The molecule has 0 bridgehead atoms. The highest BCUT2D eigenvalue weighted by molar-refractivity contribution is 5.40. The van der Waals surface area contributed by atoms with E-state index in [9.17, 15) is 10.1 Å². The molecule has 0 saturated carbocycles. The number of methoxy groups -OCH3 is 2. The largest absolute Gasteiger partial charge is 0.494 e.